The topological polar surface area (TPSA) is 24.9 Å². The Kier molecular flexibility index (Phi) is 3.64. The Morgan fingerprint density at radius 3 is 2.84 bits per heavy atom. The minimum atomic E-state index is 0.821. The predicted molar refractivity (Wildman–Crippen MR) is 88.2 cm³/mol. The van der Waals surface area contributed by atoms with Crippen LogP contribution in [0.1, 0.15) is 5.56 Å². The fourth-order valence-electron chi connectivity index (χ4n) is 2.14. The largest absolute Gasteiger partial charge is 0.381 e. The van der Waals surface area contributed by atoms with E-state index in [9.17, 15) is 0 Å². The fourth-order valence-corrected chi connectivity index (χ4v) is 2.68. The normalized spacial score (nSPS) is 10.6. The van der Waals surface area contributed by atoms with Crippen molar-refractivity contribution in [2.24, 2.45) is 0 Å². The number of benzene rings is 2. The molecule has 0 radical (unpaired) electrons. The van der Waals surface area contributed by atoms with Crippen LogP contribution in [-0.4, -0.2) is 4.98 Å². The molecular weight excluding hydrogens is 347 g/mol. The highest BCUT2D eigenvalue weighted by Crippen LogP contribution is 2.19. The van der Waals surface area contributed by atoms with Crippen molar-refractivity contribution in [2.75, 3.05) is 5.32 Å². The molecule has 1 heterocycles. The van der Waals surface area contributed by atoms with E-state index in [1.165, 1.54) is 19.9 Å². The summed E-state index contributed by atoms with van der Waals surface area (Å²) in [4.78, 5) is 4.16. The Hall–Kier alpha value is -1.62. The molecule has 0 spiro atoms. The minimum absolute atomic E-state index is 0.821. The second-order valence-electron chi connectivity index (χ2n) is 4.38. The van der Waals surface area contributed by atoms with Crippen LogP contribution in [0.25, 0.3) is 10.8 Å². The summed E-state index contributed by atoms with van der Waals surface area (Å²) in [5.74, 6) is 0. The lowest BCUT2D eigenvalue weighted by Crippen LogP contribution is -2.00. The SMILES string of the molecule is Ic1cccc(NCc2cccc3cnccc23)c1. The van der Waals surface area contributed by atoms with Crippen molar-refractivity contribution < 1.29 is 0 Å². The van der Waals surface area contributed by atoms with E-state index in [2.05, 4.69) is 81.4 Å². The second kappa shape index (κ2) is 5.57. The molecule has 3 rings (SSSR count). The molecule has 2 aromatic carbocycles. The molecule has 3 aromatic rings. The highest BCUT2D eigenvalue weighted by molar-refractivity contribution is 14.1. The molecule has 0 fully saturated rings. The van der Waals surface area contributed by atoms with Gasteiger partial charge in [-0.2, -0.15) is 0 Å². The number of nitrogens with zero attached hydrogens (tertiary/aromatic N) is 1. The number of fused-ring (bicyclic) bond motifs is 1. The van der Waals surface area contributed by atoms with Gasteiger partial charge in [-0.1, -0.05) is 24.3 Å². The van der Waals surface area contributed by atoms with Gasteiger partial charge in [-0.3, -0.25) is 4.98 Å². The maximum atomic E-state index is 4.16. The molecule has 1 N–H and O–H groups in total. The summed E-state index contributed by atoms with van der Waals surface area (Å²) in [6.07, 6.45) is 3.75. The van der Waals surface area contributed by atoms with Crippen molar-refractivity contribution >= 4 is 39.1 Å². The molecule has 94 valence electrons. The molecule has 0 saturated heterocycles. The molecule has 19 heavy (non-hydrogen) atoms. The van der Waals surface area contributed by atoms with Gasteiger partial charge < -0.3 is 5.32 Å². The van der Waals surface area contributed by atoms with Crippen LogP contribution in [-0.2, 0) is 6.54 Å². The van der Waals surface area contributed by atoms with E-state index in [1.807, 2.05) is 12.4 Å². The van der Waals surface area contributed by atoms with Crippen molar-refractivity contribution in [1.82, 2.24) is 4.98 Å². The molecular formula is C16H13IN2. The van der Waals surface area contributed by atoms with Crippen molar-refractivity contribution in [2.45, 2.75) is 6.54 Å². The first-order valence-electron chi connectivity index (χ1n) is 6.14. The minimum Gasteiger partial charge on any atom is -0.381 e. The third-order valence-corrected chi connectivity index (χ3v) is 3.75. The number of halogens is 1. The van der Waals surface area contributed by atoms with Gasteiger partial charge in [0.05, 0.1) is 0 Å². The lowest BCUT2D eigenvalue weighted by Gasteiger charge is -2.09. The zero-order valence-electron chi connectivity index (χ0n) is 10.3. The standard InChI is InChI=1S/C16H13IN2/c17-14-5-2-6-15(9-14)19-11-13-4-1-3-12-10-18-8-7-16(12)13/h1-10,19H,11H2. The molecule has 1 aromatic heterocycles. The zero-order valence-corrected chi connectivity index (χ0v) is 12.5. The number of anilines is 1. The lowest BCUT2D eigenvalue weighted by atomic mass is 10.1. The van der Waals surface area contributed by atoms with Crippen LogP contribution < -0.4 is 5.32 Å². The number of hydrogen-bond donors (Lipinski definition) is 1. The smallest absolute Gasteiger partial charge is 0.0406 e. The van der Waals surface area contributed by atoms with E-state index in [0.29, 0.717) is 0 Å². The third kappa shape index (κ3) is 2.87. The van der Waals surface area contributed by atoms with Crippen molar-refractivity contribution in [3.8, 4) is 0 Å². The quantitative estimate of drug-likeness (QED) is 0.698. The molecule has 0 aliphatic heterocycles. The van der Waals surface area contributed by atoms with Gasteiger partial charge in [0.2, 0.25) is 0 Å². The highest BCUT2D eigenvalue weighted by atomic mass is 127. The average molecular weight is 360 g/mol. The van der Waals surface area contributed by atoms with Crippen LogP contribution in [0, 0.1) is 3.57 Å². The van der Waals surface area contributed by atoms with Gasteiger partial charge in [0.1, 0.15) is 0 Å². The first-order chi connectivity index (χ1) is 9.33. The van der Waals surface area contributed by atoms with Gasteiger partial charge in [0.25, 0.3) is 0 Å². The molecule has 2 nitrogen and oxygen atoms in total. The molecule has 0 bridgehead atoms. The summed E-state index contributed by atoms with van der Waals surface area (Å²) in [5.41, 5.74) is 2.44. The fraction of sp³-hybridized carbons (Fsp3) is 0.0625. The van der Waals surface area contributed by atoms with Gasteiger partial charge in [-0.15, -0.1) is 0 Å². The van der Waals surface area contributed by atoms with Gasteiger partial charge in [0.15, 0.2) is 0 Å². The van der Waals surface area contributed by atoms with Crippen LogP contribution in [0.15, 0.2) is 60.9 Å². The van der Waals surface area contributed by atoms with E-state index >= 15 is 0 Å². The number of nitrogens with one attached hydrogen (secondary N) is 1. The molecule has 0 unspecified atom stereocenters. The van der Waals surface area contributed by atoms with Crippen LogP contribution in [0.3, 0.4) is 0 Å². The van der Waals surface area contributed by atoms with E-state index in [1.54, 1.807) is 0 Å². The monoisotopic (exact) mass is 360 g/mol. The Labute approximate surface area is 126 Å². The summed E-state index contributed by atoms with van der Waals surface area (Å²) < 4.78 is 1.24. The maximum absolute atomic E-state index is 4.16. The molecule has 0 atom stereocenters. The van der Waals surface area contributed by atoms with Gasteiger partial charge in [-0.05, 0) is 57.8 Å². The summed E-state index contributed by atoms with van der Waals surface area (Å²) in [6.45, 7) is 0.821. The van der Waals surface area contributed by atoms with E-state index in [0.717, 1.165) is 12.2 Å². The zero-order chi connectivity index (χ0) is 13.1. The average Bonchev–Trinajstić information content (AvgIpc) is 2.45. The van der Waals surface area contributed by atoms with Gasteiger partial charge in [0, 0.05) is 33.6 Å². The summed E-state index contributed by atoms with van der Waals surface area (Å²) in [6, 6.07) is 16.8. The van der Waals surface area contributed by atoms with Gasteiger partial charge >= 0.3 is 0 Å². The molecule has 3 heteroatoms. The number of aromatic nitrogens is 1. The number of rotatable bonds is 3. The van der Waals surface area contributed by atoms with Gasteiger partial charge in [-0.25, -0.2) is 0 Å². The molecule has 0 aliphatic carbocycles. The summed E-state index contributed by atoms with van der Waals surface area (Å²) >= 11 is 2.33. The first-order valence-corrected chi connectivity index (χ1v) is 7.22. The Morgan fingerprint density at radius 2 is 1.95 bits per heavy atom. The highest BCUT2D eigenvalue weighted by Gasteiger charge is 2.00. The van der Waals surface area contributed by atoms with Crippen LogP contribution in [0.2, 0.25) is 0 Å². The third-order valence-electron chi connectivity index (χ3n) is 3.08. The van der Waals surface area contributed by atoms with E-state index < -0.39 is 0 Å². The van der Waals surface area contributed by atoms with Crippen LogP contribution in [0.5, 0.6) is 0 Å². The second-order valence-corrected chi connectivity index (χ2v) is 5.62. The summed E-state index contributed by atoms with van der Waals surface area (Å²) in [5, 5.41) is 5.91. The first kappa shape index (κ1) is 12.4. The maximum Gasteiger partial charge on any atom is 0.0406 e. The summed E-state index contributed by atoms with van der Waals surface area (Å²) in [7, 11) is 0. The van der Waals surface area contributed by atoms with E-state index in [4.69, 9.17) is 0 Å². The Bertz CT molecular complexity index is 704. The van der Waals surface area contributed by atoms with Crippen molar-refractivity contribution in [3.63, 3.8) is 0 Å². The van der Waals surface area contributed by atoms with Crippen LogP contribution >= 0.6 is 22.6 Å². The Balaban J connectivity index is 1.86. The number of hydrogen-bond acceptors (Lipinski definition) is 2. The van der Waals surface area contributed by atoms with Crippen LogP contribution in [0.4, 0.5) is 5.69 Å². The van der Waals surface area contributed by atoms with E-state index in [-0.39, 0.29) is 0 Å². The molecule has 0 aliphatic rings. The Morgan fingerprint density at radius 1 is 1.05 bits per heavy atom. The number of pyridine rings is 1. The molecule has 0 amide bonds. The molecule has 0 saturated carbocycles. The van der Waals surface area contributed by atoms with Crippen molar-refractivity contribution in [1.29, 1.82) is 0 Å². The van der Waals surface area contributed by atoms with Crippen molar-refractivity contribution in [3.05, 3.63) is 70.1 Å². The predicted octanol–water partition coefficient (Wildman–Crippen LogP) is 4.45. The lowest BCUT2D eigenvalue weighted by molar-refractivity contribution is 1.16.